The molecule has 7 heteroatoms. The Morgan fingerprint density at radius 3 is 0.803 bits per heavy atom. The van der Waals surface area contributed by atoms with Crippen molar-refractivity contribution in [3.63, 3.8) is 0 Å². The monoisotopic (exact) mass is 770 g/mol. The zero-order valence-electron chi connectivity index (χ0n) is 33.1. The van der Waals surface area contributed by atoms with E-state index in [-0.39, 0.29) is 20.1 Å². The van der Waals surface area contributed by atoms with Crippen molar-refractivity contribution in [3.8, 4) is 0 Å². The van der Waals surface area contributed by atoms with Crippen molar-refractivity contribution in [3.05, 3.63) is 200 Å². The van der Waals surface area contributed by atoms with Gasteiger partial charge in [-0.05, 0) is 122 Å². The molecule has 0 saturated heterocycles. The molecule has 61 heavy (non-hydrogen) atoms. The second-order valence-corrected chi connectivity index (χ2v) is 17.1. The summed E-state index contributed by atoms with van der Waals surface area (Å²) in [4.78, 5) is 10.3. The van der Waals surface area contributed by atoms with Crippen LogP contribution in [0.15, 0.2) is 200 Å². The second-order valence-electron chi connectivity index (χ2n) is 17.1. The molecule has 0 aromatic heterocycles. The van der Waals surface area contributed by atoms with Gasteiger partial charge in [0.25, 0.3) is 20.1 Å². The van der Waals surface area contributed by atoms with Crippen LogP contribution in [-0.4, -0.2) is 20.1 Å². The van der Waals surface area contributed by atoms with Crippen LogP contribution in [0.1, 0.15) is 0 Å². The fraction of sp³-hybridized carbons (Fsp3) is 0. The third-order valence-electron chi connectivity index (χ3n) is 14.4. The van der Waals surface area contributed by atoms with E-state index in [0.717, 1.165) is 0 Å². The highest BCUT2D eigenvalue weighted by Gasteiger charge is 2.56. The maximum Gasteiger partial charge on any atom is 0.252 e. The van der Waals surface area contributed by atoms with E-state index in [0.29, 0.717) is 0 Å². The molecular formula is C54H33B3N4. The van der Waals surface area contributed by atoms with E-state index in [2.05, 4.69) is 220 Å². The number of para-hydroxylation sites is 6. The van der Waals surface area contributed by atoms with E-state index in [9.17, 15) is 0 Å². The molecule has 9 aromatic carbocycles. The molecule has 0 saturated carbocycles. The Bertz CT molecular complexity index is 3020. The van der Waals surface area contributed by atoms with Crippen molar-refractivity contribution in [2.24, 2.45) is 0 Å². The predicted octanol–water partition coefficient (Wildman–Crippen LogP) is 6.99. The molecule has 0 unspecified atom stereocenters. The van der Waals surface area contributed by atoms with Crippen molar-refractivity contribution < 1.29 is 0 Å². The van der Waals surface area contributed by atoms with E-state index in [1.807, 2.05) is 0 Å². The van der Waals surface area contributed by atoms with Gasteiger partial charge in [0, 0.05) is 68.2 Å². The molecular weight excluding hydrogens is 737 g/mol. The third-order valence-corrected chi connectivity index (χ3v) is 14.4. The van der Waals surface area contributed by atoms with E-state index < -0.39 is 0 Å². The Labute approximate surface area is 355 Å². The minimum Gasteiger partial charge on any atom is -0.313 e. The molecule has 0 amide bonds. The Morgan fingerprint density at radius 1 is 0.213 bits per heavy atom. The Hall–Kier alpha value is -7.63. The van der Waals surface area contributed by atoms with Crippen LogP contribution >= 0.6 is 0 Å². The Kier molecular flexibility index (Phi) is 6.11. The molecule has 6 aliphatic heterocycles. The zero-order chi connectivity index (χ0) is 39.5. The summed E-state index contributed by atoms with van der Waals surface area (Å²) in [5.41, 5.74) is 27.4. The average Bonchev–Trinajstić information content (AvgIpc) is 3.33. The molecule has 0 aliphatic carbocycles. The molecule has 0 bridgehead atoms. The van der Waals surface area contributed by atoms with Gasteiger partial charge in [0.1, 0.15) is 0 Å². The number of fused-ring (bicyclic) bond motifs is 9. The van der Waals surface area contributed by atoms with Crippen molar-refractivity contribution in [2.75, 3.05) is 19.6 Å². The molecule has 0 atom stereocenters. The first-order valence-electron chi connectivity index (χ1n) is 21.5. The summed E-state index contributed by atoms with van der Waals surface area (Å²) in [6.45, 7) is 0.143. The Morgan fingerprint density at radius 2 is 0.492 bits per heavy atom. The summed E-state index contributed by atoms with van der Waals surface area (Å²) in [7, 11) is 0. The van der Waals surface area contributed by atoms with Gasteiger partial charge in [-0.1, -0.05) is 127 Å². The molecule has 0 N–H and O–H groups in total. The van der Waals surface area contributed by atoms with Gasteiger partial charge in [0.2, 0.25) is 0 Å². The van der Waals surface area contributed by atoms with Gasteiger partial charge in [0.05, 0.1) is 0 Å². The van der Waals surface area contributed by atoms with Crippen LogP contribution in [0.25, 0.3) is 0 Å². The summed E-state index contributed by atoms with van der Waals surface area (Å²) in [5, 5.41) is 0. The van der Waals surface area contributed by atoms with Crippen LogP contribution in [0.3, 0.4) is 0 Å². The lowest BCUT2D eigenvalue weighted by Gasteiger charge is -2.54. The number of hydrogen-bond acceptors (Lipinski definition) is 4. The van der Waals surface area contributed by atoms with Crippen molar-refractivity contribution >= 4 is 138 Å². The smallest absolute Gasteiger partial charge is 0.252 e. The number of rotatable bonds is 3. The lowest BCUT2D eigenvalue weighted by Crippen LogP contribution is -2.74. The van der Waals surface area contributed by atoms with Crippen LogP contribution in [-0.2, 0) is 0 Å². The Balaban J connectivity index is 1.12. The summed E-state index contributed by atoms with van der Waals surface area (Å²) in [5.74, 6) is 0. The van der Waals surface area contributed by atoms with Crippen LogP contribution in [0.2, 0.25) is 0 Å². The van der Waals surface area contributed by atoms with E-state index in [4.69, 9.17) is 0 Å². The fourth-order valence-corrected chi connectivity index (χ4v) is 12.3. The molecule has 278 valence electrons. The molecule has 6 aliphatic rings. The van der Waals surface area contributed by atoms with Gasteiger partial charge >= 0.3 is 0 Å². The molecule has 9 aromatic rings. The maximum atomic E-state index is 2.76. The quantitative estimate of drug-likeness (QED) is 0.180. The minimum absolute atomic E-state index is 0.0478. The van der Waals surface area contributed by atoms with Gasteiger partial charge in [-0.3, -0.25) is 0 Å². The highest BCUT2D eigenvalue weighted by molar-refractivity contribution is 7.08. The van der Waals surface area contributed by atoms with Gasteiger partial charge in [0.15, 0.2) is 0 Å². The highest BCUT2D eigenvalue weighted by atomic mass is 15.2. The van der Waals surface area contributed by atoms with Gasteiger partial charge in [-0.25, -0.2) is 0 Å². The number of benzene rings is 9. The summed E-state index contributed by atoms with van der Waals surface area (Å²) in [6.07, 6.45) is 0. The second kappa shape index (κ2) is 11.6. The largest absolute Gasteiger partial charge is 0.313 e. The van der Waals surface area contributed by atoms with Gasteiger partial charge < -0.3 is 19.6 Å². The molecule has 4 nitrogen and oxygen atoms in total. The van der Waals surface area contributed by atoms with E-state index >= 15 is 0 Å². The normalized spacial score (nSPS) is 14.7. The summed E-state index contributed by atoms with van der Waals surface area (Å²) >= 11 is 0. The van der Waals surface area contributed by atoms with Crippen molar-refractivity contribution in [1.82, 2.24) is 0 Å². The summed E-state index contributed by atoms with van der Waals surface area (Å²) < 4.78 is 0. The van der Waals surface area contributed by atoms with Crippen LogP contribution in [0, 0.1) is 0 Å². The summed E-state index contributed by atoms with van der Waals surface area (Å²) in [6, 6.07) is 75.1. The predicted molar refractivity (Wildman–Crippen MR) is 259 cm³/mol. The van der Waals surface area contributed by atoms with E-state index in [1.54, 1.807) is 0 Å². The molecule has 0 spiro atoms. The van der Waals surface area contributed by atoms with Crippen LogP contribution in [0.4, 0.5) is 68.2 Å². The standard InChI is InChI=1S/C54H33B3N4/c1-4-16-34(17-5-1)58-43-25-13-10-22-37(43)55-41-29-32-47-50-53(41)61-52-40(28-31-46(58)49(52)55)56-38-23-11-14-26-44(38)59(35-18-6-2-7-19-35)48-33-30-42(54(61)51(48)56)57(50)39-24-12-15-27-45(39)60(47)36-20-8-3-9-21-36/h1-33H. The van der Waals surface area contributed by atoms with Crippen LogP contribution in [0.5, 0.6) is 0 Å². The minimum atomic E-state index is 0.0478. The molecule has 0 radical (unpaired) electrons. The lowest BCUT2D eigenvalue weighted by molar-refractivity contribution is 1.23. The van der Waals surface area contributed by atoms with Gasteiger partial charge in [-0.15, -0.1) is 0 Å². The first kappa shape index (κ1) is 32.3. The third kappa shape index (κ3) is 3.91. The first-order valence-corrected chi connectivity index (χ1v) is 21.5. The molecule has 15 rings (SSSR count). The zero-order valence-corrected chi connectivity index (χ0v) is 33.1. The molecule has 0 fully saturated rings. The number of anilines is 12. The first-order chi connectivity index (χ1) is 30.3. The SMILES string of the molecule is c1ccc(N2c3ccccc3B3c4ccc5c6c4N4c7c(ccc2c73)B2c3ccccc3N(c3ccccc3)c3ccc(c4c32)B6c2ccccc2N5c2ccccc2)cc1. The lowest BCUT2D eigenvalue weighted by atomic mass is 9.25. The molecule has 6 heterocycles. The van der Waals surface area contributed by atoms with E-state index in [1.165, 1.54) is 117 Å². The average molecular weight is 770 g/mol. The number of hydrogen-bond donors (Lipinski definition) is 0. The van der Waals surface area contributed by atoms with Crippen molar-refractivity contribution in [2.45, 2.75) is 0 Å². The van der Waals surface area contributed by atoms with Crippen LogP contribution < -0.4 is 68.8 Å². The van der Waals surface area contributed by atoms with Crippen molar-refractivity contribution in [1.29, 1.82) is 0 Å². The highest BCUT2D eigenvalue weighted by Crippen LogP contribution is 2.50. The topological polar surface area (TPSA) is 13.0 Å². The van der Waals surface area contributed by atoms with Gasteiger partial charge in [-0.2, -0.15) is 0 Å². The number of nitrogens with zero attached hydrogens (tertiary/aromatic N) is 4. The fourth-order valence-electron chi connectivity index (χ4n) is 12.3. The maximum absolute atomic E-state index is 2.76.